The van der Waals surface area contributed by atoms with Crippen LogP contribution in [0.15, 0.2) is 18.5 Å². The van der Waals surface area contributed by atoms with Crippen LogP contribution >= 0.6 is 11.6 Å². The molecule has 2 aliphatic rings. The molecule has 4 rings (SSSR count). The molecular weight excluding hydrogens is 390 g/mol. The van der Waals surface area contributed by atoms with E-state index in [1.54, 1.807) is 6.20 Å². The molecule has 1 fully saturated rings. The maximum absolute atomic E-state index is 12.8. The van der Waals surface area contributed by atoms with Gasteiger partial charge in [-0.05, 0) is 44.6 Å². The SMILES string of the molecule is CC(=O)NC1CCC[C@H](C(=O)Nc2cc(-c3cnn4c3CCCC4)c(Cl)cn2)C1. The van der Waals surface area contributed by atoms with Gasteiger partial charge in [-0.25, -0.2) is 4.98 Å². The fraction of sp³-hybridized carbons (Fsp3) is 0.524. The van der Waals surface area contributed by atoms with E-state index in [1.807, 2.05) is 16.9 Å². The number of halogens is 1. The molecule has 0 saturated heterocycles. The van der Waals surface area contributed by atoms with Crippen LogP contribution in [0.25, 0.3) is 11.1 Å². The summed E-state index contributed by atoms with van der Waals surface area (Å²) in [6.45, 7) is 2.44. The molecule has 0 spiro atoms. The van der Waals surface area contributed by atoms with Gasteiger partial charge in [0.15, 0.2) is 0 Å². The van der Waals surface area contributed by atoms with Crippen LogP contribution in [0.1, 0.15) is 51.1 Å². The van der Waals surface area contributed by atoms with Gasteiger partial charge in [-0.3, -0.25) is 14.3 Å². The topological polar surface area (TPSA) is 88.9 Å². The number of nitrogens with one attached hydrogen (secondary N) is 2. The number of pyridine rings is 1. The van der Waals surface area contributed by atoms with E-state index in [0.717, 1.165) is 56.2 Å². The van der Waals surface area contributed by atoms with Crippen LogP contribution in [0.2, 0.25) is 5.02 Å². The highest BCUT2D eigenvalue weighted by molar-refractivity contribution is 6.33. The van der Waals surface area contributed by atoms with E-state index in [-0.39, 0.29) is 23.8 Å². The van der Waals surface area contributed by atoms with Crippen LogP contribution < -0.4 is 10.6 Å². The van der Waals surface area contributed by atoms with Crippen LogP contribution in [-0.4, -0.2) is 32.6 Å². The Morgan fingerprint density at radius 1 is 1.17 bits per heavy atom. The number of nitrogens with zero attached hydrogens (tertiary/aromatic N) is 3. The number of aromatic nitrogens is 3. The first kappa shape index (κ1) is 19.9. The molecule has 2 aromatic rings. The summed E-state index contributed by atoms with van der Waals surface area (Å²) >= 11 is 6.43. The number of hydrogen-bond acceptors (Lipinski definition) is 4. The van der Waals surface area contributed by atoms with Crippen LogP contribution in [-0.2, 0) is 22.6 Å². The van der Waals surface area contributed by atoms with Gasteiger partial charge in [0.05, 0.1) is 11.2 Å². The molecule has 7 nitrogen and oxygen atoms in total. The van der Waals surface area contributed by atoms with E-state index in [4.69, 9.17) is 11.6 Å². The van der Waals surface area contributed by atoms with Crippen molar-refractivity contribution in [3.63, 3.8) is 0 Å². The van der Waals surface area contributed by atoms with Gasteiger partial charge in [-0.1, -0.05) is 18.0 Å². The fourth-order valence-electron chi connectivity index (χ4n) is 4.43. The molecule has 1 aliphatic heterocycles. The molecule has 0 aromatic carbocycles. The molecule has 3 heterocycles. The second-order valence-corrected chi connectivity index (χ2v) is 8.39. The molecule has 2 atom stereocenters. The summed E-state index contributed by atoms with van der Waals surface area (Å²) in [5, 5.41) is 10.9. The zero-order valence-corrected chi connectivity index (χ0v) is 17.3. The van der Waals surface area contributed by atoms with Gasteiger partial charge in [-0.15, -0.1) is 0 Å². The summed E-state index contributed by atoms with van der Waals surface area (Å²) in [6, 6.07) is 1.89. The predicted molar refractivity (Wildman–Crippen MR) is 112 cm³/mol. The van der Waals surface area contributed by atoms with Gasteiger partial charge in [0.2, 0.25) is 11.8 Å². The molecule has 2 aromatic heterocycles. The Hall–Kier alpha value is -2.41. The van der Waals surface area contributed by atoms with Gasteiger partial charge in [0.25, 0.3) is 0 Å². The van der Waals surface area contributed by atoms with Gasteiger partial charge in [0, 0.05) is 48.4 Å². The molecule has 2 amide bonds. The van der Waals surface area contributed by atoms with Crippen LogP contribution in [0.3, 0.4) is 0 Å². The monoisotopic (exact) mass is 415 g/mol. The highest BCUT2D eigenvalue weighted by Gasteiger charge is 2.28. The number of amides is 2. The number of rotatable bonds is 4. The molecule has 1 aliphatic carbocycles. The molecular formula is C21H26ClN5O2. The Bertz CT molecular complexity index is 926. The quantitative estimate of drug-likeness (QED) is 0.798. The summed E-state index contributed by atoms with van der Waals surface area (Å²) in [7, 11) is 0. The van der Waals surface area contributed by atoms with E-state index in [0.29, 0.717) is 17.3 Å². The van der Waals surface area contributed by atoms with Crippen LogP contribution in [0.4, 0.5) is 5.82 Å². The summed E-state index contributed by atoms with van der Waals surface area (Å²) in [5.74, 6) is 0.250. The summed E-state index contributed by atoms with van der Waals surface area (Å²) in [5.41, 5.74) is 3.04. The smallest absolute Gasteiger partial charge is 0.228 e. The first-order valence-electron chi connectivity index (χ1n) is 10.3. The van der Waals surface area contributed by atoms with Crippen molar-refractivity contribution in [1.82, 2.24) is 20.1 Å². The van der Waals surface area contributed by atoms with Crippen LogP contribution in [0.5, 0.6) is 0 Å². The molecule has 8 heteroatoms. The Labute approximate surface area is 175 Å². The molecule has 0 radical (unpaired) electrons. The maximum atomic E-state index is 12.8. The summed E-state index contributed by atoms with van der Waals surface area (Å²) < 4.78 is 2.04. The largest absolute Gasteiger partial charge is 0.354 e. The average Bonchev–Trinajstić information content (AvgIpc) is 3.13. The number of carbonyl (C=O) groups excluding carboxylic acids is 2. The van der Waals surface area contributed by atoms with Crippen molar-refractivity contribution in [3.05, 3.63) is 29.2 Å². The Kier molecular flexibility index (Phi) is 5.85. The lowest BCUT2D eigenvalue weighted by atomic mass is 9.85. The van der Waals surface area contributed by atoms with Crippen molar-refractivity contribution in [2.24, 2.45) is 5.92 Å². The highest BCUT2D eigenvalue weighted by atomic mass is 35.5. The van der Waals surface area contributed by atoms with E-state index < -0.39 is 0 Å². The van der Waals surface area contributed by atoms with Crippen molar-refractivity contribution in [3.8, 4) is 11.1 Å². The summed E-state index contributed by atoms with van der Waals surface area (Å²) in [6.07, 6.45) is 10.0. The number of hydrogen-bond donors (Lipinski definition) is 2. The Balaban J connectivity index is 1.50. The Morgan fingerprint density at radius 3 is 2.86 bits per heavy atom. The maximum Gasteiger partial charge on any atom is 0.228 e. The summed E-state index contributed by atoms with van der Waals surface area (Å²) in [4.78, 5) is 28.4. The third kappa shape index (κ3) is 4.45. The number of fused-ring (bicyclic) bond motifs is 1. The lowest BCUT2D eigenvalue weighted by Gasteiger charge is -2.28. The molecule has 154 valence electrons. The highest BCUT2D eigenvalue weighted by Crippen LogP contribution is 2.34. The third-order valence-corrected chi connectivity index (χ3v) is 6.13. The third-order valence-electron chi connectivity index (χ3n) is 5.83. The van der Waals surface area contributed by atoms with Crippen molar-refractivity contribution >= 4 is 29.2 Å². The van der Waals surface area contributed by atoms with E-state index in [9.17, 15) is 9.59 Å². The van der Waals surface area contributed by atoms with Crippen molar-refractivity contribution in [1.29, 1.82) is 0 Å². The minimum absolute atomic E-state index is 0.0513. The number of carbonyl (C=O) groups is 2. The fourth-order valence-corrected chi connectivity index (χ4v) is 4.64. The number of aryl methyl sites for hydroxylation is 1. The van der Waals surface area contributed by atoms with E-state index in [1.165, 1.54) is 12.6 Å². The molecule has 1 saturated carbocycles. The first-order valence-corrected chi connectivity index (χ1v) is 10.7. The second-order valence-electron chi connectivity index (χ2n) is 7.98. The van der Waals surface area contributed by atoms with E-state index in [2.05, 4.69) is 20.7 Å². The average molecular weight is 416 g/mol. The second kappa shape index (κ2) is 8.53. The standard InChI is InChI=1S/C21H26ClN5O2/c1-13(28)25-15-6-4-5-14(9-15)21(29)26-20-10-16(18(22)12-23-20)17-11-24-27-8-3-2-7-19(17)27/h10-12,14-15H,2-9H2,1H3,(H,25,28)(H,23,26,29)/t14-,15?/m0/s1. The van der Waals surface area contributed by atoms with Gasteiger partial charge < -0.3 is 10.6 Å². The van der Waals surface area contributed by atoms with Crippen LogP contribution in [0, 0.1) is 5.92 Å². The zero-order chi connectivity index (χ0) is 20.4. The lowest BCUT2D eigenvalue weighted by Crippen LogP contribution is -2.40. The number of anilines is 1. The van der Waals surface area contributed by atoms with Gasteiger partial charge >= 0.3 is 0 Å². The van der Waals surface area contributed by atoms with Crippen molar-refractivity contribution < 1.29 is 9.59 Å². The first-order chi connectivity index (χ1) is 14.0. The molecule has 0 bridgehead atoms. The minimum Gasteiger partial charge on any atom is -0.354 e. The normalized spacial score (nSPS) is 21.3. The van der Waals surface area contributed by atoms with Crippen molar-refractivity contribution in [2.75, 3.05) is 5.32 Å². The molecule has 29 heavy (non-hydrogen) atoms. The Morgan fingerprint density at radius 2 is 2.03 bits per heavy atom. The van der Waals surface area contributed by atoms with Gasteiger partial charge in [-0.2, -0.15) is 5.10 Å². The van der Waals surface area contributed by atoms with E-state index >= 15 is 0 Å². The van der Waals surface area contributed by atoms with Gasteiger partial charge in [0.1, 0.15) is 5.82 Å². The predicted octanol–water partition coefficient (Wildman–Crippen LogP) is 3.57. The van der Waals surface area contributed by atoms with Crippen molar-refractivity contribution in [2.45, 2.75) is 64.5 Å². The molecule has 1 unspecified atom stereocenters. The minimum atomic E-state index is -0.134. The zero-order valence-electron chi connectivity index (χ0n) is 16.6. The molecule has 2 N–H and O–H groups in total. The lowest BCUT2D eigenvalue weighted by molar-refractivity contribution is -0.123.